The van der Waals surface area contributed by atoms with Gasteiger partial charge in [-0.2, -0.15) is 0 Å². The molecule has 5 nitrogen and oxygen atoms in total. The number of benzene rings is 2. The molecule has 0 bridgehead atoms. The highest BCUT2D eigenvalue weighted by atomic mass is 35.5. The van der Waals surface area contributed by atoms with Crippen LogP contribution in [0.1, 0.15) is 51.0 Å². The summed E-state index contributed by atoms with van der Waals surface area (Å²) in [7, 11) is 0. The van der Waals surface area contributed by atoms with E-state index in [1.807, 2.05) is 16.7 Å². The lowest BCUT2D eigenvalue weighted by molar-refractivity contribution is -0.127. The molecular weight excluding hydrogens is 460 g/mol. The van der Waals surface area contributed by atoms with Crippen molar-refractivity contribution in [3.8, 4) is 11.4 Å². The van der Waals surface area contributed by atoms with E-state index in [4.69, 9.17) is 16.3 Å². The molecule has 2 fully saturated rings. The Hall–Kier alpha value is -2.51. The van der Waals surface area contributed by atoms with E-state index in [1.165, 1.54) is 0 Å². The van der Waals surface area contributed by atoms with Crippen molar-refractivity contribution >= 4 is 28.5 Å². The Balaban J connectivity index is 1.65. The highest BCUT2D eigenvalue weighted by Crippen LogP contribution is 2.39. The van der Waals surface area contributed by atoms with Gasteiger partial charge in [0.2, 0.25) is 5.91 Å². The van der Waals surface area contributed by atoms with Crippen LogP contribution in [0.3, 0.4) is 0 Å². The molecular formula is C26H28ClF2N3O2. The third kappa shape index (κ3) is 4.68. The lowest BCUT2D eigenvalue weighted by Crippen LogP contribution is -2.45. The van der Waals surface area contributed by atoms with Gasteiger partial charge in [0, 0.05) is 42.0 Å². The van der Waals surface area contributed by atoms with Gasteiger partial charge in [0.25, 0.3) is 0 Å². The first-order valence-corrected chi connectivity index (χ1v) is 12.4. The molecule has 5 rings (SSSR count). The van der Waals surface area contributed by atoms with Gasteiger partial charge in [-0.05, 0) is 55.9 Å². The Kier molecular flexibility index (Phi) is 6.84. The first-order chi connectivity index (χ1) is 16.5. The molecule has 2 aliphatic rings. The standard InChI is InChI=1S/C26H28ClF2N3O2/c27-18-8-6-17(7-9-18)25-31-22-14-20(28)21(29)15-23(22)32(25)24(16-4-2-1-3-5-16)26(33)30-19-10-12-34-13-11-19/h6-9,14-16,19,24H,1-5,10-13H2,(H,30,33). The molecule has 2 aromatic carbocycles. The van der Waals surface area contributed by atoms with E-state index in [-0.39, 0.29) is 17.9 Å². The van der Waals surface area contributed by atoms with Crippen molar-refractivity contribution in [3.63, 3.8) is 0 Å². The van der Waals surface area contributed by atoms with Gasteiger partial charge < -0.3 is 14.6 Å². The minimum atomic E-state index is -0.958. The van der Waals surface area contributed by atoms with E-state index >= 15 is 0 Å². The first-order valence-electron chi connectivity index (χ1n) is 12.0. The molecule has 1 aromatic heterocycles. The van der Waals surface area contributed by atoms with E-state index < -0.39 is 17.7 Å². The number of aromatic nitrogens is 2. The van der Waals surface area contributed by atoms with Crippen LogP contribution in [0.2, 0.25) is 5.02 Å². The van der Waals surface area contributed by atoms with Gasteiger partial charge in [0.15, 0.2) is 11.6 Å². The number of hydrogen-bond acceptors (Lipinski definition) is 3. The Bertz CT molecular complexity index is 1170. The summed E-state index contributed by atoms with van der Waals surface area (Å²) in [5.74, 6) is -1.43. The predicted octanol–water partition coefficient (Wildman–Crippen LogP) is 6.05. The second kappa shape index (κ2) is 10.0. The van der Waals surface area contributed by atoms with Crippen molar-refractivity contribution in [2.45, 2.75) is 57.0 Å². The van der Waals surface area contributed by atoms with Crippen LogP contribution in [0.15, 0.2) is 36.4 Å². The number of amides is 1. The first kappa shape index (κ1) is 23.2. The average Bonchev–Trinajstić information content (AvgIpc) is 3.19. The lowest BCUT2D eigenvalue weighted by Gasteiger charge is -2.33. The summed E-state index contributed by atoms with van der Waals surface area (Å²) in [5.41, 5.74) is 1.48. The molecule has 0 radical (unpaired) electrons. The number of nitrogens with zero attached hydrogens (tertiary/aromatic N) is 2. The van der Waals surface area contributed by atoms with Crippen molar-refractivity contribution in [3.05, 3.63) is 53.1 Å². The normalized spacial score (nSPS) is 18.8. The summed E-state index contributed by atoms with van der Waals surface area (Å²) in [6.45, 7) is 1.24. The number of nitrogens with one attached hydrogen (secondary N) is 1. The van der Waals surface area contributed by atoms with Crippen molar-refractivity contribution in [2.75, 3.05) is 13.2 Å². The SMILES string of the molecule is O=C(NC1CCOCC1)C(C1CCCCC1)n1c(-c2ccc(Cl)cc2)nc2cc(F)c(F)cc21. The summed E-state index contributed by atoms with van der Waals surface area (Å²) in [6.07, 6.45) is 6.54. The van der Waals surface area contributed by atoms with Crippen LogP contribution in [-0.2, 0) is 9.53 Å². The third-order valence-electron chi connectivity index (χ3n) is 7.04. The lowest BCUT2D eigenvalue weighted by atomic mass is 9.83. The summed E-state index contributed by atoms with van der Waals surface area (Å²) >= 11 is 6.10. The summed E-state index contributed by atoms with van der Waals surface area (Å²) < 4.78 is 35.8. The maximum atomic E-state index is 14.4. The molecule has 1 saturated heterocycles. The molecule has 1 atom stereocenters. The molecule has 180 valence electrons. The molecule has 1 unspecified atom stereocenters. The number of rotatable bonds is 5. The summed E-state index contributed by atoms with van der Waals surface area (Å²) in [5, 5.41) is 3.80. The minimum Gasteiger partial charge on any atom is -0.381 e. The van der Waals surface area contributed by atoms with Crippen LogP contribution in [0.4, 0.5) is 8.78 Å². The van der Waals surface area contributed by atoms with Gasteiger partial charge in [0.1, 0.15) is 11.9 Å². The number of imidazole rings is 1. The molecule has 1 amide bonds. The molecule has 1 aliphatic carbocycles. The molecule has 1 saturated carbocycles. The number of carbonyl (C=O) groups excluding carboxylic acids is 1. The van der Waals surface area contributed by atoms with Gasteiger partial charge in [-0.1, -0.05) is 30.9 Å². The molecule has 8 heteroatoms. The maximum Gasteiger partial charge on any atom is 0.243 e. The van der Waals surface area contributed by atoms with Crippen LogP contribution in [0, 0.1) is 17.6 Å². The van der Waals surface area contributed by atoms with Crippen LogP contribution in [0.25, 0.3) is 22.4 Å². The highest BCUT2D eigenvalue weighted by Gasteiger charge is 2.35. The van der Waals surface area contributed by atoms with Crippen LogP contribution < -0.4 is 5.32 Å². The predicted molar refractivity (Wildman–Crippen MR) is 128 cm³/mol. The smallest absolute Gasteiger partial charge is 0.243 e. The topological polar surface area (TPSA) is 56.1 Å². The second-order valence-corrected chi connectivity index (χ2v) is 9.74. The molecule has 34 heavy (non-hydrogen) atoms. The Morgan fingerprint density at radius 3 is 2.41 bits per heavy atom. The summed E-state index contributed by atoms with van der Waals surface area (Å²) in [6, 6.07) is 8.86. The fourth-order valence-electron chi connectivity index (χ4n) is 5.30. The van der Waals surface area contributed by atoms with Crippen LogP contribution in [0.5, 0.6) is 0 Å². The molecule has 2 heterocycles. The Labute approximate surface area is 202 Å². The molecule has 1 aliphatic heterocycles. The van der Waals surface area contributed by atoms with Gasteiger partial charge >= 0.3 is 0 Å². The van der Waals surface area contributed by atoms with E-state index in [1.54, 1.807) is 12.1 Å². The van der Waals surface area contributed by atoms with Crippen molar-refractivity contribution in [1.29, 1.82) is 0 Å². The van der Waals surface area contributed by atoms with Gasteiger partial charge in [-0.25, -0.2) is 13.8 Å². The zero-order valence-electron chi connectivity index (χ0n) is 18.9. The third-order valence-corrected chi connectivity index (χ3v) is 7.30. The van der Waals surface area contributed by atoms with Crippen molar-refractivity contribution in [1.82, 2.24) is 14.9 Å². The van der Waals surface area contributed by atoms with Gasteiger partial charge in [-0.3, -0.25) is 4.79 Å². The number of ether oxygens (including phenoxy) is 1. The Morgan fingerprint density at radius 1 is 1.03 bits per heavy atom. The quantitative estimate of drug-likeness (QED) is 0.476. The molecule has 0 spiro atoms. The van der Waals surface area contributed by atoms with Crippen LogP contribution >= 0.6 is 11.6 Å². The number of fused-ring (bicyclic) bond motifs is 1. The number of halogens is 3. The maximum absolute atomic E-state index is 14.4. The fraction of sp³-hybridized carbons (Fsp3) is 0.462. The number of carbonyl (C=O) groups is 1. The van der Waals surface area contributed by atoms with Crippen molar-refractivity contribution < 1.29 is 18.3 Å². The zero-order valence-corrected chi connectivity index (χ0v) is 19.7. The second-order valence-electron chi connectivity index (χ2n) is 9.31. The zero-order chi connectivity index (χ0) is 23.7. The van der Waals surface area contributed by atoms with Crippen LogP contribution in [-0.4, -0.2) is 34.7 Å². The van der Waals surface area contributed by atoms with E-state index in [2.05, 4.69) is 10.3 Å². The van der Waals surface area contributed by atoms with E-state index in [0.717, 1.165) is 62.6 Å². The highest BCUT2D eigenvalue weighted by molar-refractivity contribution is 6.30. The fourth-order valence-corrected chi connectivity index (χ4v) is 5.42. The Morgan fingerprint density at radius 2 is 1.71 bits per heavy atom. The average molecular weight is 488 g/mol. The number of hydrogen-bond donors (Lipinski definition) is 1. The van der Waals surface area contributed by atoms with E-state index in [9.17, 15) is 13.6 Å². The molecule has 3 aromatic rings. The monoisotopic (exact) mass is 487 g/mol. The van der Waals surface area contributed by atoms with Gasteiger partial charge in [-0.15, -0.1) is 0 Å². The minimum absolute atomic E-state index is 0.0373. The van der Waals surface area contributed by atoms with Gasteiger partial charge in [0.05, 0.1) is 11.0 Å². The van der Waals surface area contributed by atoms with E-state index in [0.29, 0.717) is 35.1 Å². The summed E-state index contributed by atoms with van der Waals surface area (Å²) in [4.78, 5) is 18.5. The van der Waals surface area contributed by atoms with Crippen molar-refractivity contribution in [2.24, 2.45) is 5.92 Å². The largest absolute Gasteiger partial charge is 0.381 e. The molecule has 1 N–H and O–H groups in total.